The van der Waals surface area contributed by atoms with Gasteiger partial charge in [-0.05, 0) is 49.3 Å². The second-order valence-corrected chi connectivity index (χ2v) is 8.14. The van der Waals surface area contributed by atoms with Gasteiger partial charge in [-0.1, -0.05) is 37.3 Å². The molecular formula is C22H31IN6S. The minimum absolute atomic E-state index is 0. The summed E-state index contributed by atoms with van der Waals surface area (Å²) in [5, 5.41) is 17.4. The van der Waals surface area contributed by atoms with Crippen molar-refractivity contribution in [3.8, 4) is 0 Å². The third kappa shape index (κ3) is 6.80. The van der Waals surface area contributed by atoms with E-state index in [9.17, 15) is 0 Å². The van der Waals surface area contributed by atoms with Crippen molar-refractivity contribution in [2.45, 2.75) is 46.2 Å². The van der Waals surface area contributed by atoms with Gasteiger partial charge in [0.2, 0.25) is 0 Å². The molecule has 0 aliphatic carbocycles. The molecule has 2 heterocycles. The fraction of sp³-hybridized carbons (Fsp3) is 0.409. The Labute approximate surface area is 200 Å². The third-order valence-electron chi connectivity index (χ3n) is 5.05. The van der Waals surface area contributed by atoms with Gasteiger partial charge in [-0.3, -0.25) is 0 Å². The summed E-state index contributed by atoms with van der Waals surface area (Å²) in [5.74, 6) is 2.52. The molecule has 0 aliphatic rings. The first-order chi connectivity index (χ1) is 14.1. The Bertz CT molecular complexity index is 918. The van der Waals surface area contributed by atoms with Crippen LogP contribution in [0.1, 0.15) is 47.5 Å². The normalized spacial score (nSPS) is 12.3. The van der Waals surface area contributed by atoms with E-state index in [-0.39, 0.29) is 30.0 Å². The number of halogens is 1. The zero-order valence-corrected chi connectivity index (χ0v) is 21.2. The molecule has 0 radical (unpaired) electrons. The molecule has 1 atom stereocenters. The lowest BCUT2D eigenvalue weighted by molar-refractivity contribution is 0.675. The number of rotatable bonds is 8. The molecule has 0 fully saturated rings. The molecule has 3 aromatic rings. The van der Waals surface area contributed by atoms with Crippen LogP contribution in [0.15, 0.2) is 46.8 Å². The number of hydrogen-bond donors (Lipinski definition) is 2. The lowest BCUT2D eigenvalue weighted by Gasteiger charge is -2.19. The van der Waals surface area contributed by atoms with Crippen molar-refractivity contribution in [2.24, 2.45) is 12.0 Å². The largest absolute Gasteiger partial charge is 0.356 e. The summed E-state index contributed by atoms with van der Waals surface area (Å²) in [7, 11) is 1.97. The van der Waals surface area contributed by atoms with Gasteiger partial charge in [-0.25, -0.2) is 4.99 Å². The molecule has 1 aromatic carbocycles. The topological polar surface area (TPSA) is 67.1 Å². The number of benzene rings is 1. The minimum Gasteiger partial charge on any atom is -0.356 e. The Morgan fingerprint density at radius 2 is 1.97 bits per heavy atom. The van der Waals surface area contributed by atoms with Gasteiger partial charge in [-0.15, -0.1) is 45.5 Å². The summed E-state index contributed by atoms with van der Waals surface area (Å²) in [6.45, 7) is 7.58. The maximum atomic E-state index is 4.76. The zero-order valence-electron chi connectivity index (χ0n) is 18.1. The molecule has 0 saturated carbocycles. The Hall–Kier alpha value is -1.94. The van der Waals surface area contributed by atoms with E-state index in [0.29, 0.717) is 6.54 Å². The van der Waals surface area contributed by atoms with E-state index < -0.39 is 0 Å². The van der Waals surface area contributed by atoms with E-state index in [1.54, 1.807) is 11.3 Å². The Morgan fingerprint density at radius 3 is 2.57 bits per heavy atom. The van der Waals surface area contributed by atoms with Crippen LogP contribution in [0.2, 0.25) is 0 Å². The van der Waals surface area contributed by atoms with Crippen LogP contribution in [0.3, 0.4) is 0 Å². The van der Waals surface area contributed by atoms with Crippen LogP contribution >= 0.6 is 35.3 Å². The van der Waals surface area contributed by atoms with Gasteiger partial charge < -0.3 is 15.2 Å². The van der Waals surface area contributed by atoms with E-state index in [1.807, 2.05) is 18.5 Å². The van der Waals surface area contributed by atoms with Gasteiger partial charge in [0.25, 0.3) is 0 Å². The standard InChI is InChI=1S/C22H30N6S.HI/c1-5-18-8-10-19(11-9-18)16(2)25-22(23-13-12-20-7-6-14-29-20)24-15-21-27-26-17(3)28(21)4;/h6-11,14,16H,5,12-13,15H2,1-4H3,(H2,23,24,25);1H. The number of thiophene rings is 1. The van der Waals surface area contributed by atoms with Crippen molar-refractivity contribution in [3.63, 3.8) is 0 Å². The van der Waals surface area contributed by atoms with E-state index in [0.717, 1.165) is 37.0 Å². The molecule has 1 unspecified atom stereocenters. The molecule has 162 valence electrons. The molecule has 2 N–H and O–H groups in total. The SMILES string of the molecule is CCc1ccc(C(C)NC(=NCc2nnc(C)n2C)NCCc2cccs2)cc1.I. The maximum Gasteiger partial charge on any atom is 0.192 e. The molecule has 0 spiro atoms. The van der Waals surface area contributed by atoms with Crippen molar-refractivity contribution >= 4 is 41.3 Å². The minimum atomic E-state index is 0. The van der Waals surface area contributed by atoms with Crippen LogP contribution in [-0.2, 0) is 26.4 Å². The van der Waals surface area contributed by atoms with Gasteiger partial charge in [0, 0.05) is 18.5 Å². The molecule has 0 bridgehead atoms. The van der Waals surface area contributed by atoms with Crippen LogP contribution in [0.25, 0.3) is 0 Å². The summed E-state index contributed by atoms with van der Waals surface area (Å²) < 4.78 is 1.97. The molecule has 30 heavy (non-hydrogen) atoms. The second-order valence-electron chi connectivity index (χ2n) is 7.10. The van der Waals surface area contributed by atoms with Gasteiger partial charge >= 0.3 is 0 Å². The number of aliphatic imine (C=N–C) groups is 1. The molecule has 0 aliphatic heterocycles. The van der Waals surface area contributed by atoms with Crippen LogP contribution in [0, 0.1) is 6.92 Å². The lowest BCUT2D eigenvalue weighted by Crippen LogP contribution is -2.39. The van der Waals surface area contributed by atoms with E-state index >= 15 is 0 Å². The van der Waals surface area contributed by atoms with Crippen LogP contribution in [0.5, 0.6) is 0 Å². The van der Waals surface area contributed by atoms with E-state index in [1.165, 1.54) is 16.0 Å². The average Bonchev–Trinajstić information content (AvgIpc) is 3.36. The third-order valence-corrected chi connectivity index (χ3v) is 5.98. The average molecular weight is 539 g/mol. The summed E-state index contributed by atoms with van der Waals surface area (Å²) in [5.41, 5.74) is 2.59. The summed E-state index contributed by atoms with van der Waals surface area (Å²) in [6.07, 6.45) is 2.03. The molecule has 3 rings (SSSR count). The van der Waals surface area contributed by atoms with E-state index in [4.69, 9.17) is 4.99 Å². The Morgan fingerprint density at radius 1 is 1.20 bits per heavy atom. The highest BCUT2D eigenvalue weighted by Crippen LogP contribution is 2.14. The number of nitrogens with one attached hydrogen (secondary N) is 2. The first-order valence-corrected chi connectivity index (χ1v) is 11.0. The number of nitrogens with zero attached hydrogens (tertiary/aromatic N) is 4. The Kier molecular flexibility index (Phi) is 9.77. The predicted octanol–water partition coefficient (Wildman–Crippen LogP) is 4.40. The number of hydrogen-bond acceptors (Lipinski definition) is 4. The molecule has 2 aromatic heterocycles. The number of aromatic nitrogens is 3. The molecule has 0 amide bonds. The first kappa shape index (κ1) is 24.3. The molecular weight excluding hydrogens is 507 g/mol. The monoisotopic (exact) mass is 538 g/mol. The van der Waals surface area contributed by atoms with Crippen molar-refractivity contribution in [1.82, 2.24) is 25.4 Å². The van der Waals surface area contributed by atoms with E-state index in [2.05, 4.69) is 76.5 Å². The Balaban J connectivity index is 0.00000320. The number of guanidine groups is 1. The van der Waals surface area contributed by atoms with Crippen LogP contribution < -0.4 is 10.6 Å². The van der Waals surface area contributed by atoms with Crippen LogP contribution in [0.4, 0.5) is 0 Å². The predicted molar refractivity (Wildman–Crippen MR) is 136 cm³/mol. The van der Waals surface area contributed by atoms with Gasteiger partial charge in [-0.2, -0.15) is 0 Å². The van der Waals surface area contributed by atoms with Crippen molar-refractivity contribution in [3.05, 3.63) is 69.4 Å². The van der Waals surface area contributed by atoms with Gasteiger partial charge in [0.15, 0.2) is 11.8 Å². The second kappa shape index (κ2) is 12.0. The van der Waals surface area contributed by atoms with Crippen molar-refractivity contribution in [2.75, 3.05) is 6.54 Å². The highest BCUT2D eigenvalue weighted by Gasteiger charge is 2.10. The van der Waals surface area contributed by atoms with Gasteiger partial charge in [0.05, 0.1) is 6.04 Å². The summed E-state index contributed by atoms with van der Waals surface area (Å²) in [4.78, 5) is 6.13. The summed E-state index contributed by atoms with van der Waals surface area (Å²) in [6, 6.07) is 13.2. The number of aryl methyl sites for hydroxylation is 2. The zero-order chi connectivity index (χ0) is 20.6. The molecule has 8 heteroatoms. The molecule has 6 nitrogen and oxygen atoms in total. The summed E-state index contributed by atoms with van der Waals surface area (Å²) >= 11 is 1.78. The van der Waals surface area contributed by atoms with Crippen LogP contribution in [-0.4, -0.2) is 27.3 Å². The lowest BCUT2D eigenvalue weighted by atomic mass is 10.1. The fourth-order valence-electron chi connectivity index (χ4n) is 2.98. The van der Waals surface area contributed by atoms with Gasteiger partial charge in [0.1, 0.15) is 12.4 Å². The van der Waals surface area contributed by atoms with Crippen molar-refractivity contribution in [1.29, 1.82) is 0 Å². The maximum absolute atomic E-state index is 4.76. The van der Waals surface area contributed by atoms with Crippen molar-refractivity contribution < 1.29 is 0 Å². The quantitative estimate of drug-likeness (QED) is 0.254. The highest BCUT2D eigenvalue weighted by molar-refractivity contribution is 14.0. The molecule has 0 saturated heterocycles. The highest BCUT2D eigenvalue weighted by atomic mass is 127. The smallest absolute Gasteiger partial charge is 0.192 e. The first-order valence-electron chi connectivity index (χ1n) is 10.1. The fourth-order valence-corrected chi connectivity index (χ4v) is 3.69.